The summed E-state index contributed by atoms with van der Waals surface area (Å²) in [5.74, 6) is -0.682. The van der Waals surface area contributed by atoms with E-state index in [1.807, 2.05) is 0 Å². The maximum atomic E-state index is 11.9. The first kappa shape index (κ1) is 15.9. The quantitative estimate of drug-likeness (QED) is 0.466. The summed E-state index contributed by atoms with van der Waals surface area (Å²) in [5.41, 5.74) is 0. The predicted molar refractivity (Wildman–Crippen MR) is 91.0 cm³/mol. The van der Waals surface area contributed by atoms with Gasteiger partial charge in [0.1, 0.15) is 7.63 Å². The molecule has 0 spiro atoms. The Hall–Kier alpha value is -1.96. The van der Waals surface area contributed by atoms with E-state index in [1.54, 1.807) is 20.9 Å². The van der Waals surface area contributed by atoms with E-state index >= 15 is 0 Å². The fraction of sp³-hybridized carbons (Fsp3) is 0.733. The summed E-state index contributed by atoms with van der Waals surface area (Å²) in [6.45, 7) is 4.41. The van der Waals surface area contributed by atoms with Crippen LogP contribution in [0.15, 0.2) is 0 Å². The molecule has 0 aliphatic heterocycles. The Kier molecular flexibility index (Phi) is 8.70. The van der Waals surface area contributed by atoms with Crippen LogP contribution in [-0.4, -0.2) is 80.1 Å². The average Bonchev–Trinajstić information content (AvgIpc) is 2.71. The third-order valence-corrected chi connectivity index (χ3v) is 3.24. The molecule has 0 saturated carbocycles. The van der Waals surface area contributed by atoms with Gasteiger partial charge in [-0.3, -0.25) is 14.4 Å². The van der Waals surface area contributed by atoms with Crippen molar-refractivity contribution in [1.29, 1.82) is 0 Å². The van der Waals surface area contributed by atoms with Gasteiger partial charge in [0, 0.05) is 45.0 Å². The molecule has 0 saturated heterocycles. The third kappa shape index (κ3) is 8.92. The maximum Gasteiger partial charge on any atom is 0.239 e. The molecular formula is C15H32N4O4. The predicted octanol–water partition coefficient (Wildman–Crippen LogP) is -0.510. The molecule has 3 amide bonds. The molecule has 23 heavy (non-hydrogen) atoms. The molecule has 0 aromatic heterocycles. The van der Waals surface area contributed by atoms with Gasteiger partial charge >= 0.3 is 0 Å². The number of nitrogens with one attached hydrogen (secondary N) is 2. The Morgan fingerprint density at radius 1 is 1.13 bits per heavy atom. The van der Waals surface area contributed by atoms with E-state index in [4.69, 9.17) is 7.31 Å². The Morgan fingerprint density at radius 3 is 2.22 bits per heavy atom. The minimum Gasteiger partial charge on any atom is -0.353 e. The van der Waals surface area contributed by atoms with Gasteiger partial charge in [-0.15, -0.1) is 0 Å². The molecule has 0 bridgehead atoms. The second-order valence-electron chi connectivity index (χ2n) is 4.94. The molecular weight excluding hydrogens is 300 g/mol. The van der Waals surface area contributed by atoms with Crippen LogP contribution in [0.5, 0.6) is 0 Å². The Bertz CT molecular complexity index is 458. The number of carbonyl (C=O) groups excluding carboxylic acids is 4. The van der Waals surface area contributed by atoms with Gasteiger partial charge in [-0.05, 0) is 7.05 Å². The fourth-order valence-corrected chi connectivity index (χ4v) is 1.92. The first-order valence-electron chi connectivity index (χ1n) is 10.3. The van der Waals surface area contributed by atoms with E-state index in [0.29, 0.717) is 19.5 Å². The SMILES string of the molecule is [3H]C(=O)CN(CCNC(=O)CN(CCNC)C(=O)CC)C(=O)CC.[3H][3H].[3H][3H]. The average molecular weight is 342 g/mol. The smallest absolute Gasteiger partial charge is 0.239 e. The topological polar surface area (TPSA) is 98.8 Å². The van der Waals surface area contributed by atoms with Gasteiger partial charge < -0.3 is 25.2 Å². The van der Waals surface area contributed by atoms with E-state index in [2.05, 4.69) is 10.6 Å². The zero-order valence-corrected chi connectivity index (χ0v) is 14.2. The van der Waals surface area contributed by atoms with Crippen LogP contribution in [0.4, 0.5) is 0 Å². The lowest BCUT2D eigenvalue weighted by Crippen LogP contribution is -2.45. The maximum absolute atomic E-state index is 11.9. The van der Waals surface area contributed by atoms with Crippen molar-refractivity contribution in [2.24, 2.45) is 0 Å². The summed E-state index contributed by atoms with van der Waals surface area (Å²) in [6.07, 6.45) is -0.305. The number of hydrogen-bond acceptors (Lipinski definition) is 5. The van der Waals surface area contributed by atoms with Crippen molar-refractivity contribution in [3.8, 4) is 0 Å². The number of carbonyl (C=O) groups is 4. The van der Waals surface area contributed by atoms with Crippen LogP contribution in [-0.2, 0) is 19.2 Å². The van der Waals surface area contributed by atoms with Gasteiger partial charge in [0.15, 0.2) is 0 Å². The minimum atomic E-state index is -0.852. The summed E-state index contributed by atoms with van der Waals surface area (Å²) in [5, 5.41) is 5.56. The first-order valence-corrected chi connectivity index (χ1v) is 7.81. The molecule has 0 radical (unpaired) electrons. The number of likely N-dealkylation sites (N-methyl/N-ethyl adjacent to an activating group) is 1. The second-order valence-corrected chi connectivity index (χ2v) is 4.94. The van der Waals surface area contributed by atoms with E-state index in [0.717, 1.165) is 0 Å². The zero-order valence-electron chi connectivity index (χ0n) is 19.2. The molecule has 0 aliphatic rings. The molecule has 0 rings (SSSR count). The van der Waals surface area contributed by atoms with Gasteiger partial charge in [-0.1, -0.05) is 13.8 Å². The summed E-state index contributed by atoms with van der Waals surface area (Å²) < 4.78 is 27.0. The standard InChI is InChI=1S/C15H28N4O4.2H2/c1-4-14(22)18(10-11-20)9-7-17-13(21)12-19(8-6-16-3)15(23)5-2;;/h11,16H,4-10,12H2,1-3H3,(H,17,21);2*1H/i11T;2*1+2T. The molecule has 2 N–H and O–H groups in total. The van der Waals surface area contributed by atoms with Crippen molar-refractivity contribution in [1.82, 2.24) is 20.4 Å². The summed E-state index contributed by atoms with van der Waals surface area (Å²) in [6, 6.07) is 0. The minimum absolute atomic E-state index is 0.0482. The van der Waals surface area contributed by atoms with Crippen molar-refractivity contribution in [2.45, 2.75) is 26.7 Å². The van der Waals surface area contributed by atoms with Crippen LogP contribution in [0.2, 0.25) is 0 Å². The molecule has 0 aromatic carbocycles. The molecule has 8 heteroatoms. The van der Waals surface area contributed by atoms with Crippen molar-refractivity contribution < 1.29 is 26.5 Å². The summed E-state index contributed by atoms with van der Waals surface area (Å²) in [4.78, 5) is 49.0. The summed E-state index contributed by atoms with van der Waals surface area (Å²) in [7, 11) is 1.77. The van der Waals surface area contributed by atoms with E-state index in [9.17, 15) is 19.2 Å². The first-order chi connectivity index (χ1) is 13.3. The number of aldehydes is 1. The van der Waals surface area contributed by atoms with Gasteiger partial charge in [-0.25, -0.2) is 0 Å². The zero-order chi connectivity index (χ0) is 22.5. The van der Waals surface area contributed by atoms with Crippen LogP contribution in [0.3, 0.4) is 0 Å². The number of amides is 3. The Morgan fingerprint density at radius 2 is 1.70 bits per heavy atom. The monoisotopic (exact) mass is 342 g/mol. The Balaban J connectivity index is -0.00000146. The molecule has 0 aliphatic carbocycles. The van der Waals surface area contributed by atoms with Crippen LogP contribution < -0.4 is 10.6 Å². The molecule has 0 atom stereocenters. The molecule has 0 aromatic rings. The lowest BCUT2D eigenvalue weighted by molar-refractivity contribution is -0.136. The van der Waals surface area contributed by atoms with Crippen molar-refractivity contribution in [3.05, 3.63) is 0 Å². The van der Waals surface area contributed by atoms with Gasteiger partial charge in [-0.2, -0.15) is 0 Å². The highest BCUT2D eigenvalue weighted by atomic mass is 16.2. The second kappa shape index (κ2) is 12.6. The highest BCUT2D eigenvalue weighted by Gasteiger charge is 2.16. The van der Waals surface area contributed by atoms with Crippen molar-refractivity contribution in [3.63, 3.8) is 0 Å². The highest BCUT2D eigenvalue weighted by molar-refractivity contribution is 5.84. The normalized spacial score (nSPS) is 11.3. The lowest BCUT2D eigenvalue weighted by Gasteiger charge is -2.23. The van der Waals surface area contributed by atoms with Gasteiger partial charge in [0.05, 0.1) is 13.1 Å². The lowest BCUT2D eigenvalue weighted by atomic mass is 10.3. The van der Waals surface area contributed by atoms with Gasteiger partial charge in [0.25, 0.3) is 0 Å². The molecule has 0 unspecified atom stereocenters. The molecule has 0 fully saturated rings. The van der Waals surface area contributed by atoms with Crippen LogP contribution in [0.1, 0.15) is 34.0 Å². The molecule has 0 heterocycles. The number of rotatable bonds is 12. The Labute approximate surface area is 145 Å². The largest absolute Gasteiger partial charge is 0.353 e. The highest BCUT2D eigenvalue weighted by Crippen LogP contribution is 1.94. The number of hydrogen-bond donors (Lipinski definition) is 2. The third-order valence-electron chi connectivity index (χ3n) is 3.24. The summed E-state index contributed by atoms with van der Waals surface area (Å²) >= 11 is 0. The molecule has 136 valence electrons. The van der Waals surface area contributed by atoms with Crippen LogP contribution in [0.25, 0.3) is 0 Å². The van der Waals surface area contributed by atoms with Crippen molar-refractivity contribution >= 4 is 24.0 Å². The number of nitrogens with zero attached hydrogens (tertiary/aromatic N) is 2. The van der Waals surface area contributed by atoms with E-state index < -0.39 is 6.26 Å². The van der Waals surface area contributed by atoms with Crippen molar-refractivity contribution in [2.75, 3.05) is 46.3 Å². The van der Waals surface area contributed by atoms with E-state index in [1.165, 1.54) is 9.80 Å². The van der Waals surface area contributed by atoms with E-state index in [-0.39, 0.29) is 50.3 Å². The molecule has 8 nitrogen and oxygen atoms in total. The van der Waals surface area contributed by atoms with Crippen LogP contribution in [0, 0.1) is 0 Å². The fourth-order valence-electron chi connectivity index (χ4n) is 1.92. The van der Waals surface area contributed by atoms with Gasteiger partial charge in [0.2, 0.25) is 17.7 Å². The van der Waals surface area contributed by atoms with Crippen LogP contribution >= 0.6 is 0 Å².